The first-order valence-corrected chi connectivity index (χ1v) is 11.1. The number of carbonyl (C=O) groups is 2. The number of carbonyl (C=O) groups excluding carboxylic acids is 2. The average molecular weight is 451 g/mol. The molecule has 9 heteroatoms. The van der Waals surface area contributed by atoms with Crippen molar-refractivity contribution in [3.05, 3.63) is 30.1 Å². The summed E-state index contributed by atoms with van der Waals surface area (Å²) >= 11 is 0. The number of ether oxygens (including phenoxy) is 1. The van der Waals surface area contributed by atoms with Crippen LogP contribution >= 0.6 is 0 Å². The van der Waals surface area contributed by atoms with Gasteiger partial charge in [-0.15, -0.1) is 0 Å². The zero-order chi connectivity index (χ0) is 23.9. The Morgan fingerprint density at radius 1 is 1.12 bits per heavy atom. The van der Waals surface area contributed by atoms with Gasteiger partial charge >= 0.3 is 6.09 Å². The van der Waals surface area contributed by atoms with Crippen LogP contribution in [0.5, 0.6) is 0 Å². The third kappa shape index (κ3) is 9.50. The van der Waals surface area contributed by atoms with E-state index in [0.29, 0.717) is 39.1 Å². The number of amides is 2. The molecule has 3 N–H and O–H groups in total. The maximum atomic E-state index is 12.8. The SMILES string of the molecule is CC(C)(O)NC(=O)[C@H](Cc1ccncc1)C[C@H](O)CN1CCN(C(=O)OC(C)(C)C)CC1. The second-order valence-electron chi connectivity index (χ2n) is 9.96. The first kappa shape index (κ1) is 26.0. The quantitative estimate of drug-likeness (QED) is 0.513. The van der Waals surface area contributed by atoms with Crippen molar-refractivity contribution < 1.29 is 24.5 Å². The van der Waals surface area contributed by atoms with E-state index < -0.39 is 23.3 Å². The lowest BCUT2D eigenvalue weighted by molar-refractivity contribution is -0.132. The fourth-order valence-electron chi connectivity index (χ4n) is 3.63. The summed E-state index contributed by atoms with van der Waals surface area (Å²) in [6.45, 7) is 11.3. The molecule has 1 fully saturated rings. The number of nitrogens with one attached hydrogen (secondary N) is 1. The summed E-state index contributed by atoms with van der Waals surface area (Å²) in [5.41, 5.74) is -0.928. The molecule has 1 saturated heterocycles. The Morgan fingerprint density at radius 3 is 2.25 bits per heavy atom. The molecule has 1 aliphatic rings. The molecule has 2 atom stereocenters. The van der Waals surface area contributed by atoms with Gasteiger partial charge in [0, 0.05) is 51.0 Å². The van der Waals surface area contributed by atoms with Crippen LogP contribution in [0.1, 0.15) is 46.6 Å². The monoisotopic (exact) mass is 450 g/mol. The highest BCUT2D eigenvalue weighted by Crippen LogP contribution is 2.18. The fourth-order valence-corrected chi connectivity index (χ4v) is 3.63. The molecule has 9 nitrogen and oxygen atoms in total. The molecule has 0 aromatic carbocycles. The smallest absolute Gasteiger partial charge is 0.410 e. The van der Waals surface area contributed by atoms with E-state index in [4.69, 9.17) is 4.74 Å². The molecule has 0 saturated carbocycles. The zero-order valence-corrected chi connectivity index (χ0v) is 19.9. The summed E-state index contributed by atoms with van der Waals surface area (Å²) in [5.74, 6) is -0.801. The van der Waals surface area contributed by atoms with Gasteiger partial charge in [-0.05, 0) is 65.2 Å². The standard InChI is InChI=1S/C23H38N4O5/c1-22(2,3)32-21(30)27-12-10-26(11-13-27)16-19(28)15-18(20(29)25-23(4,5)31)14-17-6-8-24-9-7-17/h6-9,18-19,28,31H,10-16H2,1-5H3,(H,25,29)/t18-,19+/m1/s1. The lowest BCUT2D eigenvalue weighted by atomic mass is 9.92. The number of aromatic nitrogens is 1. The van der Waals surface area contributed by atoms with E-state index in [1.807, 2.05) is 32.9 Å². The number of piperazine rings is 1. The molecule has 2 amide bonds. The average Bonchev–Trinajstić information content (AvgIpc) is 2.66. The highest BCUT2D eigenvalue weighted by Gasteiger charge is 2.29. The second kappa shape index (κ2) is 11.1. The second-order valence-corrected chi connectivity index (χ2v) is 9.96. The van der Waals surface area contributed by atoms with E-state index in [0.717, 1.165) is 5.56 Å². The molecule has 0 bridgehead atoms. The number of aliphatic hydroxyl groups is 2. The van der Waals surface area contributed by atoms with Crippen molar-refractivity contribution in [1.29, 1.82) is 0 Å². The minimum atomic E-state index is -1.34. The molecular weight excluding hydrogens is 412 g/mol. The van der Waals surface area contributed by atoms with Crippen molar-refractivity contribution >= 4 is 12.0 Å². The van der Waals surface area contributed by atoms with Crippen LogP contribution in [0.4, 0.5) is 4.79 Å². The van der Waals surface area contributed by atoms with Gasteiger partial charge in [-0.1, -0.05) is 0 Å². The van der Waals surface area contributed by atoms with E-state index in [9.17, 15) is 19.8 Å². The third-order valence-electron chi connectivity index (χ3n) is 5.08. The van der Waals surface area contributed by atoms with Crippen molar-refractivity contribution in [2.45, 2.75) is 64.9 Å². The van der Waals surface area contributed by atoms with Gasteiger partial charge in [0.2, 0.25) is 5.91 Å². The molecule has 0 radical (unpaired) electrons. The molecule has 1 aromatic rings. The number of aliphatic hydroxyl groups excluding tert-OH is 1. The van der Waals surface area contributed by atoms with Crippen LogP contribution in [0.2, 0.25) is 0 Å². The normalized spacial score (nSPS) is 17.5. The van der Waals surface area contributed by atoms with Gasteiger partial charge in [-0.25, -0.2) is 4.79 Å². The lowest BCUT2D eigenvalue weighted by Gasteiger charge is -2.36. The van der Waals surface area contributed by atoms with E-state index in [2.05, 4.69) is 15.2 Å². The topological polar surface area (TPSA) is 115 Å². The molecule has 0 unspecified atom stereocenters. The Bertz CT molecular complexity index is 737. The predicted molar refractivity (Wildman–Crippen MR) is 121 cm³/mol. The number of pyridine rings is 1. The predicted octanol–water partition coefficient (Wildman–Crippen LogP) is 1.39. The number of hydrogen-bond donors (Lipinski definition) is 3. The maximum Gasteiger partial charge on any atom is 0.410 e. The van der Waals surface area contributed by atoms with Crippen molar-refractivity contribution in [1.82, 2.24) is 20.1 Å². The lowest BCUT2D eigenvalue weighted by Crippen LogP contribution is -2.52. The van der Waals surface area contributed by atoms with Gasteiger partial charge in [0.1, 0.15) is 11.3 Å². The highest BCUT2D eigenvalue weighted by molar-refractivity contribution is 5.79. The summed E-state index contributed by atoms with van der Waals surface area (Å²) in [6.07, 6.45) is 2.99. The molecule has 1 aliphatic heterocycles. The number of rotatable bonds is 8. The Kier molecular flexibility index (Phi) is 9.00. The van der Waals surface area contributed by atoms with E-state index >= 15 is 0 Å². The first-order chi connectivity index (χ1) is 14.8. The Labute approximate surface area is 190 Å². The minimum Gasteiger partial charge on any atom is -0.444 e. The first-order valence-electron chi connectivity index (χ1n) is 11.1. The van der Waals surface area contributed by atoms with Crippen LogP contribution in [-0.4, -0.2) is 87.2 Å². The van der Waals surface area contributed by atoms with Crippen LogP contribution in [0.15, 0.2) is 24.5 Å². The van der Waals surface area contributed by atoms with Crippen LogP contribution in [0.25, 0.3) is 0 Å². The molecule has 0 spiro atoms. The van der Waals surface area contributed by atoms with Crippen LogP contribution < -0.4 is 5.32 Å². The summed E-state index contributed by atoms with van der Waals surface area (Å²) in [7, 11) is 0. The molecule has 1 aromatic heterocycles. The van der Waals surface area contributed by atoms with E-state index in [-0.39, 0.29) is 18.4 Å². The number of nitrogens with zero attached hydrogens (tertiary/aromatic N) is 3. The van der Waals surface area contributed by atoms with Gasteiger partial charge in [-0.2, -0.15) is 0 Å². The minimum absolute atomic E-state index is 0.260. The van der Waals surface area contributed by atoms with Gasteiger partial charge in [-0.3, -0.25) is 14.7 Å². The summed E-state index contributed by atoms with van der Waals surface area (Å²) < 4.78 is 5.42. The fraction of sp³-hybridized carbons (Fsp3) is 0.696. The summed E-state index contributed by atoms with van der Waals surface area (Å²) in [5, 5.41) is 23.3. The molecule has 2 rings (SSSR count). The van der Waals surface area contributed by atoms with E-state index in [1.165, 1.54) is 13.8 Å². The maximum absolute atomic E-state index is 12.8. The summed E-state index contributed by atoms with van der Waals surface area (Å²) in [6, 6.07) is 3.68. The number of β-amino-alcohol motifs (C(OH)–C–C–N with tert-alkyl or cyclic N) is 1. The van der Waals surface area contributed by atoms with Gasteiger partial charge in [0.25, 0.3) is 0 Å². The largest absolute Gasteiger partial charge is 0.444 e. The Balaban J connectivity index is 1.90. The Hall–Kier alpha value is -2.23. The van der Waals surface area contributed by atoms with Crippen LogP contribution in [0.3, 0.4) is 0 Å². The molecule has 32 heavy (non-hydrogen) atoms. The van der Waals surface area contributed by atoms with Crippen molar-refractivity contribution in [2.75, 3.05) is 32.7 Å². The van der Waals surface area contributed by atoms with Gasteiger partial charge in [0.15, 0.2) is 0 Å². The highest BCUT2D eigenvalue weighted by atomic mass is 16.6. The Morgan fingerprint density at radius 2 is 1.72 bits per heavy atom. The molecule has 180 valence electrons. The van der Waals surface area contributed by atoms with Gasteiger partial charge < -0.3 is 25.2 Å². The van der Waals surface area contributed by atoms with Crippen LogP contribution in [-0.2, 0) is 16.0 Å². The van der Waals surface area contributed by atoms with Crippen molar-refractivity contribution in [3.8, 4) is 0 Å². The molecular formula is C23H38N4O5. The molecule has 0 aliphatic carbocycles. The summed E-state index contributed by atoms with van der Waals surface area (Å²) in [4.78, 5) is 32.7. The molecule has 2 heterocycles. The number of hydrogen-bond acceptors (Lipinski definition) is 7. The van der Waals surface area contributed by atoms with Crippen molar-refractivity contribution in [2.24, 2.45) is 5.92 Å². The zero-order valence-electron chi connectivity index (χ0n) is 19.9. The third-order valence-corrected chi connectivity index (χ3v) is 5.08. The van der Waals surface area contributed by atoms with Crippen molar-refractivity contribution in [3.63, 3.8) is 0 Å². The van der Waals surface area contributed by atoms with Gasteiger partial charge in [0.05, 0.1) is 6.10 Å². The van der Waals surface area contributed by atoms with Crippen LogP contribution in [0, 0.1) is 5.92 Å². The van der Waals surface area contributed by atoms with E-state index in [1.54, 1.807) is 17.3 Å².